The molecule has 7 nitrogen and oxygen atoms in total. The number of ether oxygens (including phenoxy) is 1. The van der Waals surface area contributed by atoms with E-state index < -0.39 is 22.7 Å². The molecule has 162 valence electrons. The van der Waals surface area contributed by atoms with Crippen LogP contribution in [0.1, 0.15) is 63.7 Å². The van der Waals surface area contributed by atoms with E-state index >= 15 is 0 Å². The Kier molecular flexibility index (Phi) is 6.01. The van der Waals surface area contributed by atoms with Gasteiger partial charge >= 0.3 is 5.97 Å². The van der Waals surface area contributed by atoms with Crippen molar-refractivity contribution >= 4 is 29.4 Å². The van der Waals surface area contributed by atoms with Gasteiger partial charge in [-0.1, -0.05) is 34.1 Å². The Morgan fingerprint density at radius 3 is 2.47 bits per heavy atom. The Morgan fingerprint density at radius 2 is 1.83 bits per heavy atom. The van der Waals surface area contributed by atoms with Gasteiger partial charge in [0.1, 0.15) is 6.54 Å². The predicted molar refractivity (Wildman–Crippen MR) is 112 cm³/mol. The number of benzene rings is 1. The fourth-order valence-corrected chi connectivity index (χ4v) is 4.48. The lowest BCUT2D eigenvalue weighted by Crippen LogP contribution is -2.60. The van der Waals surface area contributed by atoms with E-state index in [9.17, 15) is 19.2 Å². The number of imide groups is 1. The highest BCUT2D eigenvalue weighted by Crippen LogP contribution is 2.59. The molecule has 0 radical (unpaired) electrons. The van der Waals surface area contributed by atoms with Crippen molar-refractivity contribution in [2.75, 3.05) is 18.5 Å². The second-order valence-electron chi connectivity index (χ2n) is 8.99. The molecular weight excluding hydrogens is 384 g/mol. The van der Waals surface area contributed by atoms with Crippen LogP contribution in [-0.4, -0.2) is 41.7 Å². The summed E-state index contributed by atoms with van der Waals surface area (Å²) in [6, 6.07) is 6.35. The molecule has 0 aromatic heterocycles. The van der Waals surface area contributed by atoms with Crippen molar-refractivity contribution in [3.63, 3.8) is 0 Å². The van der Waals surface area contributed by atoms with E-state index in [0.29, 0.717) is 30.7 Å². The van der Waals surface area contributed by atoms with Crippen molar-refractivity contribution in [1.29, 1.82) is 0 Å². The van der Waals surface area contributed by atoms with Gasteiger partial charge < -0.3 is 10.1 Å². The van der Waals surface area contributed by atoms with Crippen LogP contribution in [-0.2, 0) is 19.1 Å². The number of piperidine rings is 1. The van der Waals surface area contributed by atoms with Crippen LogP contribution in [0.2, 0.25) is 0 Å². The Balaban J connectivity index is 1.62. The lowest BCUT2D eigenvalue weighted by Gasteiger charge is -2.47. The topological polar surface area (TPSA) is 92.8 Å². The van der Waals surface area contributed by atoms with Crippen LogP contribution in [0.4, 0.5) is 5.69 Å². The van der Waals surface area contributed by atoms with Gasteiger partial charge in [0.25, 0.3) is 0 Å². The van der Waals surface area contributed by atoms with Gasteiger partial charge in [-0.25, -0.2) is 4.79 Å². The maximum Gasteiger partial charge on any atom is 0.338 e. The van der Waals surface area contributed by atoms with Crippen molar-refractivity contribution in [2.24, 2.45) is 16.7 Å². The monoisotopic (exact) mass is 414 g/mol. The average Bonchev–Trinajstić information content (AvgIpc) is 2.89. The molecule has 7 heteroatoms. The standard InChI is InChI=1S/C23H30N2O5/c1-5-6-13-30-20(28)15-7-9-16(10-8-15)24-18(26)14-25-19(27)17-11-12-23(4,21(25)29)22(17,2)3/h7-10,17H,5-6,11-14H2,1-4H3,(H,24,26). The molecule has 30 heavy (non-hydrogen) atoms. The van der Waals surface area contributed by atoms with Gasteiger partial charge in [-0.15, -0.1) is 0 Å². The zero-order valence-electron chi connectivity index (χ0n) is 18.1. The van der Waals surface area contributed by atoms with Crippen LogP contribution in [0.15, 0.2) is 24.3 Å². The highest BCUT2D eigenvalue weighted by Gasteiger charge is 2.64. The number of amides is 3. The minimum absolute atomic E-state index is 0.244. The van der Waals surface area contributed by atoms with E-state index in [4.69, 9.17) is 4.74 Å². The molecule has 1 aromatic rings. The number of unbranched alkanes of at least 4 members (excludes halogenated alkanes) is 1. The highest BCUT2D eigenvalue weighted by molar-refractivity contribution is 6.07. The van der Waals surface area contributed by atoms with E-state index in [0.717, 1.165) is 17.7 Å². The first-order valence-corrected chi connectivity index (χ1v) is 10.5. The first-order valence-electron chi connectivity index (χ1n) is 10.5. The van der Waals surface area contributed by atoms with Gasteiger partial charge in [-0.3, -0.25) is 19.3 Å². The predicted octanol–water partition coefficient (Wildman–Crippen LogP) is 3.39. The Hall–Kier alpha value is -2.70. The number of esters is 1. The van der Waals surface area contributed by atoms with Crippen molar-refractivity contribution in [3.05, 3.63) is 29.8 Å². The molecule has 3 rings (SSSR count). The number of anilines is 1. The fraction of sp³-hybridized carbons (Fsp3) is 0.565. The van der Waals surface area contributed by atoms with Crippen molar-refractivity contribution in [3.8, 4) is 0 Å². The van der Waals surface area contributed by atoms with Gasteiger partial charge in [-0.05, 0) is 48.9 Å². The third-order valence-corrected chi connectivity index (χ3v) is 6.94. The summed E-state index contributed by atoms with van der Waals surface area (Å²) in [5, 5.41) is 2.69. The maximum atomic E-state index is 13.0. The first-order chi connectivity index (χ1) is 14.1. The molecule has 1 aromatic carbocycles. The number of carbonyl (C=O) groups is 4. The number of hydrogen-bond donors (Lipinski definition) is 1. The number of nitrogens with one attached hydrogen (secondary N) is 1. The number of fused-ring (bicyclic) bond motifs is 2. The molecule has 3 amide bonds. The van der Waals surface area contributed by atoms with E-state index in [1.807, 2.05) is 27.7 Å². The number of hydrogen-bond acceptors (Lipinski definition) is 5. The number of rotatable bonds is 7. The second-order valence-corrected chi connectivity index (χ2v) is 8.99. The summed E-state index contributed by atoms with van der Waals surface area (Å²) in [6.45, 7) is 7.91. The molecule has 2 atom stereocenters. The summed E-state index contributed by atoms with van der Waals surface area (Å²) in [4.78, 5) is 51.4. The molecule has 1 N–H and O–H groups in total. The van der Waals surface area contributed by atoms with E-state index in [1.54, 1.807) is 24.3 Å². The maximum absolute atomic E-state index is 13.0. The summed E-state index contributed by atoms with van der Waals surface area (Å²) in [6.07, 6.45) is 3.08. The summed E-state index contributed by atoms with van der Waals surface area (Å²) >= 11 is 0. The van der Waals surface area contributed by atoms with E-state index in [2.05, 4.69) is 5.32 Å². The smallest absolute Gasteiger partial charge is 0.338 e. The molecule has 2 unspecified atom stereocenters. The van der Waals surface area contributed by atoms with Crippen LogP contribution in [0.5, 0.6) is 0 Å². The first kappa shape index (κ1) is 22.0. The van der Waals surface area contributed by atoms with Crippen molar-refractivity contribution in [2.45, 2.75) is 53.4 Å². The lowest BCUT2D eigenvalue weighted by molar-refractivity contribution is -0.168. The zero-order valence-corrected chi connectivity index (χ0v) is 18.1. The Labute approximate surface area is 177 Å². The molecule has 1 saturated carbocycles. The van der Waals surface area contributed by atoms with Crippen LogP contribution in [0, 0.1) is 16.7 Å². The molecule has 2 aliphatic rings. The highest BCUT2D eigenvalue weighted by atomic mass is 16.5. The van der Waals surface area contributed by atoms with Gasteiger partial charge in [0.15, 0.2) is 0 Å². The fourth-order valence-electron chi connectivity index (χ4n) is 4.48. The summed E-state index contributed by atoms with van der Waals surface area (Å²) in [5.74, 6) is -1.63. The van der Waals surface area contributed by atoms with Crippen LogP contribution >= 0.6 is 0 Å². The largest absolute Gasteiger partial charge is 0.462 e. The lowest BCUT2D eigenvalue weighted by atomic mass is 9.62. The number of nitrogens with zero attached hydrogens (tertiary/aromatic N) is 1. The minimum atomic E-state index is -0.633. The molecule has 1 heterocycles. The van der Waals surface area contributed by atoms with Gasteiger partial charge in [-0.2, -0.15) is 0 Å². The zero-order chi connectivity index (χ0) is 22.1. The SMILES string of the molecule is CCCCOC(=O)c1ccc(NC(=O)CN2C(=O)C3CCC(C)(C2=O)C3(C)C)cc1. The Morgan fingerprint density at radius 1 is 1.17 bits per heavy atom. The normalized spacial score (nSPS) is 24.7. The van der Waals surface area contributed by atoms with Gasteiger partial charge in [0.05, 0.1) is 17.6 Å². The third kappa shape index (κ3) is 3.73. The number of carbonyl (C=O) groups excluding carboxylic acids is 4. The number of likely N-dealkylation sites (tertiary alicyclic amines) is 1. The van der Waals surface area contributed by atoms with Crippen molar-refractivity contribution < 1.29 is 23.9 Å². The van der Waals surface area contributed by atoms with Crippen LogP contribution < -0.4 is 5.32 Å². The average molecular weight is 415 g/mol. The summed E-state index contributed by atoms with van der Waals surface area (Å²) < 4.78 is 5.16. The van der Waals surface area contributed by atoms with Crippen molar-refractivity contribution in [1.82, 2.24) is 4.90 Å². The molecule has 2 fully saturated rings. The third-order valence-electron chi connectivity index (χ3n) is 6.94. The molecule has 1 saturated heterocycles. The quantitative estimate of drug-likeness (QED) is 0.419. The summed E-state index contributed by atoms with van der Waals surface area (Å²) in [5.41, 5.74) is -0.157. The second kappa shape index (κ2) is 8.20. The molecule has 1 aliphatic carbocycles. The van der Waals surface area contributed by atoms with Crippen LogP contribution in [0.25, 0.3) is 0 Å². The molecule has 2 bridgehead atoms. The molecule has 1 aliphatic heterocycles. The van der Waals surface area contributed by atoms with Gasteiger partial charge in [0, 0.05) is 11.6 Å². The molecule has 0 spiro atoms. The molecular formula is C23H30N2O5. The summed E-state index contributed by atoms with van der Waals surface area (Å²) in [7, 11) is 0. The van der Waals surface area contributed by atoms with Crippen LogP contribution in [0.3, 0.4) is 0 Å². The Bertz CT molecular complexity index is 861. The van der Waals surface area contributed by atoms with Gasteiger partial charge in [0.2, 0.25) is 17.7 Å². The minimum Gasteiger partial charge on any atom is -0.462 e. The van der Waals surface area contributed by atoms with E-state index in [-0.39, 0.29) is 24.3 Å². The van der Waals surface area contributed by atoms with E-state index in [1.165, 1.54) is 0 Å².